The summed E-state index contributed by atoms with van der Waals surface area (Å²) in [5.74, 6) is 1.05. The lowest BCUT2D eigenvalue weighted by Crippen LogP contribution is -2.43. The van der Waals surface area contributed by atoms with Gasteiger partial charge in [-0.2, -0.15) is 0 Å². The van der Waals surface area contributed by atoms with Crippen molar-refractivity contribution in [1.29, 1.82) is 0 Å². The van der Waals surface area contributed by atoms with Gasteiger partial charge in [-0.1, -0.05) is 6.42 Å². The monoisotopic (exact) mass is 249 g/mol. The fraction of sp³-hybridized carbons (Fsp3) is 0.600. The van der Waals surface area contributed by atoms with E-state index < -0.39 is 0 Å². The molecule has 0 aliphatic heterocycles. The number of ether oxygens (including phenoxy) is 1. The first-order valence-electron chi connectivity index (χ1n) is 6.88. The molecule has 0 unspecified atom stereocenters. The zero-order valence-corrected chi connectivity index (χ0v) is 10.6. The average Bonchev–Trinajstić information content (AvgIpc) is 2.23. The van der Waals surface area contributed by atoms with Crippen molar-refractivity contribution in [3.63, 3.8) is 0 Å². The lowest BCUT2D eigenvalue weighted by molar-refractivity contribution is 0.179. The molecule has 18 heavy (non-hydrogen) atoms. The molecule has 2 saturated carbocycles. The van der Waals surface area contributed by atoms with Gasteiger partial charge in [-0.25, -0.2) is 4.39 Å². The molecule has 0 amide bonds. The van der Waals surface area contributed by atoms with Crippen LogP contribution >= 0.6 is 0 Å². The largest absolute Gasteiger partial charge is 0.493 e. The van der Waals surface area contributed by atoms with Gasteiger partial charge < -0.3 is 10.5 Å². The fourth-order valence-electron chi connectivity index (χ4n) is 2.65. The van der Waals surface area contributed by atoms with Crippen LogP contribution in [0.15, 0.2) is 18.2 Å². The van der Waals surface area contributed by atoms with Crippen LogP contribution < -0.4 is 10.5 Å². The van der Waals surface area contributed by atoms with Crippen molar-refractivity contribution in [2.75, 3.05) is 6.61 Å². The standard InChI is InChI=1S/C15H20FNO/c16-13-7-12(15(17)5-2-6-15)8-14(9-13)18-10-11-3-1-4-11/h7-9,11H,1-6,10,17H2. The van der Waals surface area contributed by atoms with Crippen LogP contribution in [0.1, 0.15) is 44.1 Å². The van der Waals surface area contributed by atoms with E-state index in [1.807, 2.05) is 6.07 Å². The molecule has 0 radical (unpaired) electrons. The van der Waals surface area contributed by atoms with Gasteiger partial charge in [0.1, 0.15) is 11.6 Å². The molecule has 2 aliphatic rings. The van der Waals surface area contributed by atoms with Gasteiger partial charge in [-0.05, 0) is 55.7 Å². The van der Waals surface area contributed by atoms with E-state index in [0.717, 1.165) is 24.8 Å². The van der Waals surface area contributed by atoms with E-state index in [1.165, 1.54) is 25.3 Å². The first-order chi connectivity index (χ1) is 8.66. The summed E-state index contributed by atoms with van der Waals surface area (Å²) in [6.07, 6.45) is 6.79. The summed E-state index contributed by atoms with van der Waals surface area (Å²) in [6.45, 7) is 0.709. The summed E-state index contributed by atoms with van der Waals surface area (Å²) < 4.78 is 19.3. The molecule has 0 aromatic heterocycles. The fourth-order valence-corrected chi connectivity index (χ4v) is 2.65. The maximum atomic E-state index is 13.6. The SMILES string of the molecule is NC1(c2cc(F)cc(OCC3CCC3)c2)CCC1. The van der Waals surface area contributed by atoms with Crippen LogP contribution in [0.2, 0.25) is 0 Å². The summed E-state index contributed by atoms with van der Waals surface area (Å²) in [7, 11) is 0. The minimum Gasteiger partial charge on any atom is -0.493 e. The maximum absolute atomic E-state index is 13.6. The van der Waals surface area contributed by atoms with Gasteiger partial charge in [0.2, 0.25) is 0 Å². The van der Waals surface area contributed by atoms with Crippen molar-refractivity contribution in [2.45, 2.75) is 44.1 Å². The molecule has 0 heterocycles. The maximum Gasteiger partial charge on any atom is 0.127 e. The molecule has 0 atom stereocenters. The van der Waals surface area contributed by atoms with Crippen molar-refractivity contribution in [3.8, 4) is 5.75 Å². The molecule has 98 valence electrons. The van der Waals surface area contributed by atoms with E-state index in [9.17, 15) is 4.39 Å². The molecule has 0 bridgehead atoms. The molecule has 0 spiro atoms. The predicted octanol–water partition coefficient (Wildman–Crippen LogP) is 3.34. The van der Waals surface area contributed by atoms with Gasteiger partial charge in [0, 0.05) is 11.6 Å². The molecule has 1 aromatic carbocycles. The van der Waals surface area contributed by atoms with Gasteiger partial charge in [0.15, 0.2) is 0 Å². The second-order valence-electron chi connectivity index (χ2n) is 5.79. The molecular formula is C15H20FNO. The first kappa shape index (κ1) is 12.0. The van der Waals surface area contributed by atoms with Crippen molar-refractivity contribution >= 4 is 0 Å². The minimum atomic E-state index is -0.323. The number of rotatable bonds is 4. The molecule has 2 nitrogen and oxygen atoms in total. The second-order valence-corrected chi connectivity index (χ2v) is 5.79. The lowest BCUT2D eigenvalue weighted by Gasteiger charge is -2.38. The Morgan fingerprint density at radius 2 is 2.00 bits per heavy atom. The van der Waals surface area contributed by atoms with E-state index in [-0.39, 0.29) is 11.4 Å². The van der Waals surface area contributed by atoms with E-state index in [0.29, 0.717) is 18.3 Å². The van der Waals surface area contributed by atoms with E-state index in [4.69, 9.17) is 10.5 Å². The quantitative estimate of drug-likeness (QED) is 0.888. The molecular weight excluding hydrogens is 229 g/mol. The Labute approximate surface area is 107 Å². The van der Waals surface area contributed by atoms with Crippen LogP contribution in [0.25, 0.3) is 0 Å². The van der Waals surface area contributed by atoms with Crippen molar-refractivity contribution in [2.24, 2.45) is 11.7 Å². The van der Waals surface area contributed by atoms with Gasteiger partial charge in [-0.15, -0.1) is 0 Å². The van der Waals surface area contributed by atoms with Crippen LogP contribution in [0, 0.1) is 11.7 Å². The Hall–Kier alpha value is -1.09. The van der Waals surface area contributed by atoms with Gasteiger partial charge in [0.25, 0.3) is 0 Å². The lowest BCUT2D eigenvalue weighted by atomic mass is 9.73. The third-order valence-electron chi connectivity index (χ3n) is 4.40. The first-order valence-corrected chi connectivity index (χ1v) is 6.88. The zero-order valence-electron chi connectivity index (χ0n) is 10.6. The average molecular weight is 249 g/mol. The summed E-state index contributed by atoms with van der Waals surface area (Å²) in [6, 6.07) is 4.93. The van der Waals surface area contributed by atoms with Crippen LogP contribution in [-0.4, -0.2) is 6.61 Å². The number of nitrogens with two attached hydrogens (primary N) is 1. The number of benzene rings is 1. The third kappa shape index (κ3) is 2.24. The van der Waals surface area contributed by atoms with Crippen LogP contribution in [-0.2, 0) is 5.54 Å². The molecule has 2 fully saturated rings. The van der Waals surface area contributed by atoms with Crippen molar-refractivity contribution in [1.82, 2.24) is 0 Å². The number of hydrogen-bond acceptors (Lipinski definition) is 2. The highest BCUT2D eigenvalue weighted by molar-refractivity contribution is 5.35. The van der Waals surface area contributed by atoms with E-state index in [1.54, 1.807) is 6.07 Å². The summed E-state index contributed by atoms with van der Waals surface area (Å²) in [5.41, 5.74) is 6.80. The number of halogens is 1. The second kappa shape index (κ2) is 4.54. The molecule has 0 saturated heterocycles. The molecule has 2 aliphatic carbocycles. The Balaban J connectivity index is 1.72. The van der Waals surface area contributed by atoms with Crippen molar-refractivity contribution in [3.05, 3.63) is 29.6 Å². The highest BCUT2D eigenvalue weighted by atomic mass is 19.1. The molecule has 3 heteroatoms. The summed E-state index contributed by atoms with van der Waals surface area (Å²) in [5, 5.41) is 0. The third-order valence-corrected chi connectivity index (χ3v) is 4.40. The smallest absolute Gasteiger partial charge is 0.127 e. The summed E-state index contributed by atoms with van der Waals surface area (Å²) in [4.78, 5) is 0. The molecule has 3 rings (SSSR count). The highest BCUT2D eigenvalue weighted by Gasteiger charge is 2.35. The Bertz CT molecular complexity index is 438. The van der Waals surface area contributed by atoms with Gasteiger partial charge >= 0.3 is 0 Å². The Morgan fingerprint density at radius 1 is 1.22 bits per heavy atom. The summed E-state index contributed by atoms with van der Waals surface area (Å²) >= 11 is 0. The van der Waals surface area contributed by atoms with Gasteiger partial charge in [0.05, 0.1) is 6.61 Å². The van der Waals surface area contributed by atoms with Crippen molar-refractivity contribution < 1.29 is 9.13 Å². The number of hydrogen-bond donors (Lipinski definition) is 1. The van der Waals surface area contributed by atoms with Gasteiger partial charge in [-0.3, -0.25) is 0 Å². The Morgan fingerprint density at radius 3 is 2.56 bits per heavy atom. The zero-order chi connectivity index (χ0) is 12.6. The molecule has 1 aromatic rings. The van der Waals surface area contributed by atoms with Crippen LogP contribution in [0.3, 0.4) is 0 Å². The minimum absolute atomic E-state index is 0.243. The topological polar surface area (TPSA) is 35.2 Å². The normalized spacial score (nSPS) is 22.1. The Kier molecular flexibility index (Phi) is 3.02. The van der Waals surface area contributed by atoms with E-state index >= 15 is 0 Å². The highest BCUT2D eigenvalue weighted by Crippen LogP contribution is 2.40. The molecule has 2 N–H and O–H groups in total. The van der Waals surface area contributed by atoms with Crippen LogP contribution in [0.5, 0.6) is 5.75 Å². The van der Waals surface area contributed by atoms with Crippen LogP contribution in [0.4, 0.5) is 4.39 Å². The van der Waals surface area contributed by atoms with E-state index in [2.05, 4.69) is 0 Å². The predicted molar refractivity (Wildman–Crippen MR) is 69.0 cm³/mol.